The van der Waals surface area contributed by atoms with E-state index >= 15 is 0 Å². The number of nitrogens with one attached hydrogen (secondary N) is 1. The number of rotatable bonds is 5. The normalized spacial score (nSPS) is 10.4. The predicted molar refractivity (Wildman–Crippen MR) is 74.3 cm³/mol. The van der Waals surface area contributed by atoms with Gasteiger partial charge in [0.1, 0.15) is 0 Å². The van der Waals surface area contributed by atoms with Gasteiger partial charge in [0.25, 0.3) is 5.91 Å². The van der Waals surface area contributed by atoms with Gasteiger partial charge < -0.3 is 11.1 Å². The van der Waals surface area contributed by atoms with Gasteiger partial charge in [-0.25, -0.2) is 4.68 Å². The second kappa shape index (κ2) is 6.15. The quantitative estimate of drug-likeness (QED) is 0.793. The number of amides is 1. The van der Waals surface area contributed by atoms with Crippen molar-refractivity contribution in [3.8, 4) is 5.69 Å². The van der Waals surface area contributed by atoms with Gasteiger partial charge in [-0.3, -0.25) is 4.79 Å². The van der Waals surface area contributed by atoms with Crippen LogP contribution in [0.4, 0.5) is 0 Å². The van der Waals surface area contributed by atoms with Crippen LogP contribution in [0.25, 0.3) is 5.69 Å². The van der Waals surface area contributed by atoms with E-state index in [2.05, 4.69) is 10.4 Å². The van der Waals surface area contributed by atoms with Crippen molar-refractivity contribution in [2.24, 2.45) is 5.73 Å². The summed E-state index contributed by atoms with van der Waals surface area (Å²) < 4.78 is 1.76. The summed E-state index contributed by atoms with van der Waals surface area (Å²) >= 11 is 0. The van der Waals surface area contributed by atoms with Crippen molar-refractivity contribution in [3.63, 3.8) is 0 Å². The number of benzene rings is 1. The van der Waals surface area contributed by atoms with E-state index in [0.29, 0.717) is 18.8 Å². The second-order valence-electron chi connectivity index (χ2n) is 4.32. The van der Waals surface area contributed by atoms with Crippen molar-refractivity contribution in [1.29, 1.82) is 0 Å². The third-order valence-electron chi connectivity index (χ3n) is 2.79. The summed E-state index contributed by atoms with van der Waals surface area (Å²) in [6.07, 6.45) is 0.768. The van der Waals surface area contributed by atoms with Gasteiger partial charge in [-0.05, 0) is 38.1 Å². The summed E-state index contributed by atoms with van der Waals surface area (Å²) in [5, 5.41) is 7.13. The molecule has 2 aromatic rings. The Morgan fingerprint density at radius 1 is 1.37 bits per heavy atom. The van der Waals surface area contributed by atoms with Crippen molar-refractivity contribution in [2.45, 2.75) is 13.3 Å². The van der Waals surface area contributed by atoms with Crippen LogP contribution in [0, 0.1) is 6.92 Å². The van der Waals surface area contributed by atoms with Gasteiger partial charge in [0.2, 0.25) is 0 Å². The Kier molecular flexibility index (Phi) is 4.30. The van der Waals surface area contributed by atoms with E-state index in [1.807, 2.05) is 37.3 Å². The molecule has 0 fully saturated rings. The molecule has 2 rings (SSSR count). The van der Waals surface area contributed by atoms with E-state index in [-0.39, 0.29) is 5.91 Å². The second-order valence-corrected chi connectivity index (χ2v) is 4.32. The molecule has 1 aromatic carbocycles. The summed E-state index contributed by atoms with van der Waals surface area (Å²) in [6.45, 7) is 3.07. The average Bonchev–Trinajstić information content (AvgIpc) is 2.82. The zero-order valence-corrected chi connectivity index (χ0v) is 11.0. The highest BCUT2D eigenvalue weighted by Gasteiger charge is 2.12. The lowest BCUT2D eigenvalue weighted by atomic mass is 10.3. The minimum Gasteiger partial charge on any atom is -0.351 e. The number of nitrogens with zero attached hydrogens (tertiary/aromatic N) is 2. The minimum atomic E-state index is -0.161. The Morgan fingerprint density at radius 2 is 2.11 bits per heavy atom. The summed E-state index contributed by atoms with van der Waals surface area (Å²) in [6, 6.07) is 11.5. The lowest BCUT2D eigenvalue weighted by Crippen LogP contribution is -2.26. The molecule has 0 spiro atoms. The number of aryl methyl sites for hydroxylation is 1. The van der Waals surface area contributed by atoms with E-state index in [0.717, 1.165) is 17.8 Å². The first-order chi connectivity index (χ1) is 9.22. The van der Waals surface area contributed by atoms with Crippen LogP contribution >= 0.6 is 0 Å². The molecule has 0 aliphatic heterocycles. The Labute approximate surface area is 112 Å². The highest BCUT2D eigenvalue weighted by atomic mass is 16.1. The molecule has 1 aromatic heterocycles. The van der Waals surface area contributed by atoms with Crippen LogP contribution in [-0.4, -0.2) is 28.8 Å². The molecule has 0 saturated carbocycles. The zero-order valence-electron chi connectivity index (χ0n) is 11.0. The van der Waals surface area contributed by atoms with E-state index in [9.17, 15) is 4.79 Å². The Balaban J connectivity index is 2.15. The molecule has 1 amide bonds. The van der Waals surface area contributed by atoms with Crippen LogP contribution in [0.15, 0.2) is 36.4 Å². The highest BCUT2D eigenvalue weighted by Crippen LogP contribution is 2.11. The van der Waals surface area contributed by atoms with Gasteiger partial charge in [-0.2, -0.15) is 5.10 Å². The maximum Gasteiger partial charge on any atom is 0.271 e. The Bertz CT molecular complexity index is 548. The number of hydrogen-bond acceptors (Lipinski definition) is 3. The molecule has 0 bridgehead atoms. The van der Waals surface area contributed by atoms with E-state index in [1.165, 1.54) is 0 Å². The lowest BCUT2D eigenvalue weighted by molar-refractivity contribution is 0.0948. The fourth-order valence-corrected chi connectivity index (χ4v) is 1.81. The topological polar surface area (TPSA) is 72.9 Å². The van der Waals surface area contributed by atoms with E-state index in [1.54, 1.807) is 10.7 Å². The maximum absolute atomic E-state index is 11.9. The fourth-order valence-electron chi connectivity index (χ4n) is 1.81. The van der Waals surface area contributed by atoms with Crippen molar-refractivity contribution >= 4 is 5.91 Å². The number of aromatic nitrogens is 2. The molecular formula is C14H18N4O. The summed E-state index contributed by atoms with van der Waals surface area (Å²) in [4.78, 5) is 11.9. The monoisotopic (exact) mass is 258 g/mol. The summed E-state index contributed by atoms with van der Waals surface area (Å²) in [5.74, 6) is -0.161. The number of nitrogens with two attached hydrogens (primary N) is 1. The van der Waals surface area contributed by atoms with Crippen LogP contribution in [0.2, 0.25) is 0 Å². The number of carbonyl (C=O) groups is 1. The van der Waals surface area contributed by atoms with Gasteiger partial charge in [0.15, 0.2) is 5.69 Å². The summed E-state index contributed by atoms with van der Waals surface area (Å²) in [5.41, 5.74) is 7.69. The van der Waals surface area contributed by atoms with Crippen molar-refractivity contribution in [1.82, 2.24) is 15.1 Å². The van der Waals surface area contributed by atoms with Crippen molar-refractivity contribution in [2.75, 3.05) is 13.1 Å². The first-order valence-electron chi connectivity index (χ1n) is 6.32. The third kappa shape index (κ3) is 3.20. The molecule has 5 heteroatoms. The molecule has 1 heterocycles. The summed E-state index contributed by atoms with van der Waals surface area (Å²) in [7, 11) is 0. The van der Waals surface area contributed by atoms with Gasteiger partial charge in [0.05, 0.1) is 5.69 Å². The Hall–Kier alpha value is -2.14. The zero-order chi connectivity index (χ0) is 13.7. The van der Waals surface area contributed by atoms with E-state index in [4.69, 9.17) is 5.73 Å². The average molecular weight is 258 g/mol. The largest absolute Gasteiger partial charge is 0.351 e. The van der Waals surface area contributed by atoms with E-state index < -0.39 is 0 Å². The van der Waals surface area contributed by atoms with Crippen LogP contribution in [0.3, 0.4) is 0 Å². The number of carbonyl (C=O) groups excluding carboxylic acids is 1. The van der Waals surface area contributed by atoms with Crippen LogP contribution < -0.4 is 11.1 Å². The molecule has 3 N–H and O–H groups in total. The molecular weight excluding hydrogens is 240 g/mol. The van der Waals surface area contributed by atoms with Crippen molar-refractivity contribution in [3.05, 3.63) is 47.8 Å². The third-order valence-corrected chi connectivity index (χ3v) is 2.79. The maximum atomic E-state index is 11.9. The predicted octanol–water partition coefficient (Wildman–Crippen LogP) is 1.26. The molecule has 19 heavy (non-hydrogen) atoms. The number of para-hydroxylation sites is 1. The number of hydrogen-bond donors (Lipinski definition) is 2. The van der Waals surface area contributed by atoms with Gasteiger partial charge in [-0.15, -0.1) is 0 Å². The minimum absolute atomic E-state index is 0.161. The smallest absolute Gasteiger partial charge is 0.271 e. The molecule has 0 unspecified atom stereocenters. The molecule has 0 aliphatic carbocycles. The lowest BCUT2D eigenvalue weighted by Gasteiger charge is -2.03. The molecule has 0 saturated heterocycles. The van der Waals surface area contributed by atoms with Crippen LogP contribution in [0.1, 0.15) is 22.6 Å². The first kappa shape index (κ1) is 13.3. The van der Waals surface area contributed by atoms with Gasteiger partial charge in [0, 0.05) is 12.2 Å². The molecule has 0 radical (unpaired) electrons. The van der Waals surface area contributed by atoms with Crippen molar-refractivity contribution < 1.29 is 4.79 Å². The molecule has 0 aliphatic rings. The van der Waals surface area contributed by atoms with Gasteiger partial charge in [-0.1, -0.05) is 18.2 Å². The molecule has 5 nitrogen and oxygen atoms in total. The van der Waals surface area contributed by atoms with Crippen LogP contribution in [0.5, 0.6) is 0 Å². The SMILES string of the molecule is Cc1cc(C(=O)NCCCN)nn1-c1ccccc1. The molecule has 0 atom stereocenters. The van der Waals surface area contributed by atoms with Gasteiger partial charge >= 0.3 is 0 Å². The Morgan fingerprint density at radius 3 is 2.79 bits per heavy atom. The molecule has 100 valence electrons. The fraction of sp³-hybridized carbons (Fsp3) is 0.286. The first-order valence-corrected chi connectivity index (χ1v) is 6.32. The standard InChI is InChI=1S/C14H18N4O/c1-11-10-13(14(19)16-9-5-8-15)17-18(11)12-6-3-2-4-7-12/h2-4,6-7,10H,5,8-9,15H2,1H3,(H,16,19). The highest BCUT2D eigenvalue weighted by molar-refractivity contribution is 5.92. The van der Waals surface area contributed by atoms with Crippen LogP contribution in [-0.2, 0) is 0 Å².